The highest BCUT2D eigenvalue weighted by Crippen LogP contribution is 2.18. The van der Waals surface area contributed by atoms with E-state index >= 15 is 0 Å². The first kappa shape index (κ1) is 13.8. The molecule has 8 heteroatoms. The molecule has 0 aliphatic carbocycles. The lowest BCUT2D eigenvalue weighted by Gasteiger charge is -2.13. The van der Waals surface area contributed by atoms with Crippen molar-refractivity contribution in [3.8, 4) is 0 Å². The van der Waals surface area contributed by atoms with Crippen LogP contribution in [0.3, 0.4) is 0 Å². The molecular formula is C9H12F3N3OS. The fraction of sp³-hybridized carbons (Fsp3) is 0.556. The average molecular weight is 267 g/mol. The van der Waals surface area contributed by atoms with Crippen LogP contribution in [0.5, 0.6) is 0 Å². The third-order valence-electron chi connectivity index (χ3n) is 1.81. The summed E-state index contributed by atoms with van der Waals surface area (Å²) in [4.78, 5) is 16.1. The topological polar surface area (TPSA) is 54.0 Å². The first-order chi connectivity index (χ1) is 7.78. The number of nitrogens with zero attached hydrogens (tertiary/aromatic N) is 1. The number of hydrogen-bond acceptors (Lipinski definition) is 3. The van der Waals surface area contributed by atoms with Gasteiger partial charge in [-0.1, -0.05) is 0 Å². The van der Waals surface area contributed by atoms with E-state index in [4.69, 9.17) is 0 Å². The molecule has 0 saturated carbocycles. The summed E-state index contributed by atoms with van der Waals surface area (Å²) in [6.45, 7) is 2.17. The highest BCUT2D eigenvalue weighted by atomic mass is 32.1. The average Bonchev–Trinajstić information content (AvgIpc) is 2.61. The van der Waals surface area contributed by atoms with Gasteiger partial charge in [0.15, 0.2) is 0 Å². The number of carbonyl (C=O) groups excluding carboxylic acids is 1. The van der Waals surface area contributed by atoms with Crippen LogP contribution in [0.15, 0.2) is 6.20 Å². The van der Waals surface area contributed by atoms with Gasteiger partial charge in [-0.05, 0) is 13.8 Å². The second-order valence-corrected chi connectivity index (χ2v) is 4.74. The molecule has 0 aromatic carbocycles. The van der Waals surface area contributed by atoms with Crippen molar-refractivity contribution in [2.45, 2.75) is 26.1 Å². The van der Waals surface area contributed by atoms with Gasteiger partial charge in [-0.3, -0.25) is 0 Å². The summed E-state index contributed by atoms with van der Waals surface area (Å²) in [6, 6.07) is -1.27. The number of amides is 2. The monoisotopic (exact) mass is 267 g/mol. The molecule has 0 fully saturated rings. The van der Waals surface area contributed by atoms with Gasteiger partial charge in [-0.25, -0.2) is 9.78 Å². The maximum absolute atomic E-state index is 11.8. The zero-order chi connectivity index (χ0) is 13.1. The van der Waals surface area contributed by atoms with Crippen molar-refractivity contribution in [2.24, 2.45) is 0 Å². The third kappa shape index (κ3) is 5.03. The van der Waals surface area contributed by atoms with Crippen LogP contribution in [0.25, 0.3) is 0 Å². The molecule has 1 aromatic heterocycles. The van der Waals surface area contributed by atoms with Crippen LogP contribution in [-0.2, 0) is 0 Å². The standard InChI is InChI=1S/C9H12F3N3OS/c1-5-3-13-7(17-5)6(2)15-8(16)14-4-9(10,11)12/h3,6H,4H2,1-2H3,(H2,14,15,16). The molecule has 0 bridgehead atoms. The quantitative estimate of drug-likeness (QED) is 0.883. The van der Waals surface area contributed by atoms with E-state index in [0.29, 0.717) is 5.01 Å². The van der Waals surface area contributed by atoms with Gasteiger partial charge in [0.25, 0.3) is 0 Å². The minimum Gasteiger partial charge on any atom is -0.329 e. The normalized spacial score (nSPS) is 13.2. The molecular weight excluding hydrogens is 255 g/mol. The largest absolute Gasteiger partial charge is 0.405 e. The number of carbonyl (C=O) groups is 1. The predicted octanol–water partition coefficient (Wildman–Crippen LogP) is 2.37. The van der Waals surface area contributed by atoms with Crippen LogP contribution >= 0.6 is 11.3 Å². The van der Waals surface area contributed by atoms with Gasteiger partial charge in [-0.2, -0.15) is 13.2 Å². The molecule has 0 spiro atoms. The van der Waals surface area contributed by atoms with Crippen LogP contribution in [0.1, 0.15) is 22.9 Å². The SMILES string of the molecule is Cc1cnc(C(C)NC(=O)NCC(F)(F)F)s1. The Kier molecular flexibility index (Phi) is 4.33. The molecule has 96 valence electrons. The second kappa shape index (κ2) is 5.35. The lowest BCUT2D eigenvalue weighted by molar-refractivity contribution is -0.122. The van der Waals surface area contributed by atoms with E-state index in [9.17, 15) is 18.0 Å². The van der Waals surface area contributed by atoms with Gasteiger partial charge in [-0.15, -0.1) is 11.3 Å². The fourth-order valence-electron chi connectivity index (χ4n) is 1.06. The molecule has 1 rings (SSSR count). The molecule has 1 atom stereocenters. The lowest BCUT2D eigenvalue weighted by atomic mass is 10.3. The van der Waals surface area contributed by atoms with E-state index in [2.05, 4.69) is 10.3 Å². The number of aryl methyl sites for hydroxylation is 1. The Hall–Kier alpha value is -1.31. The van der Waals surface area contributed by atoms with E-state index in [1.54, 1.807) is 18.4 Å². The number of alkyl halides is 3. The highest BCUT2D eigenvalue weighted by molar-refractivity contribution is 7.11. The van der Waals surface area contributed by atoms with Crippen molar-refractivity contribution in [3.63, 3.8) is 0 Å². The first-order valence-electron chi connectivity index (χ1n) is 4.81. The smallest absolute Gasteiger partial charge is 0.329 e. The Balaban J connectivity index is 2.41. The zero-order valence-electron chi connectivity index (χ0n) is 9.26. The van der Waals surface area contributed by atoms with Crippen LogP contribution in [0, 0.1) is 6.92 Å². The molecule has 1 unspecified atom stereocenters. The number of hydrogen-bond donors (Lipinski definition) is 2. The number of nitrogens with one attached hydrogen (secondary N) is 2. The van der Waals surface area contributed by atoms with Crippen LogP contribution in [-0.4, -0.2) is 23.7 Å². The van der Waals surface area contributed by atoms with Crippen LogP contribution in [0.2, 0.25) is 0 Å². The van der Waals surface area contributed by atoms with Crippen molar-refractivity contribution in [1.82, 2.24) is 15.6 Å². The number of aromatic nitrogens is 1. The molecule has 4 nitrogen and oxygen atoms in total. The Labute approximate surface area is 100 Å². The van der Waals surface area contributed by atoms with Crippen molar-refractivity contribution in [2.75, 3.05) is 6.54 Å². The predicted molar refractivity (Wildman–Crippen MR) is 57.9 cm³/mol. The van der Waals surface area contributed by atoms with Crippen molar-refractivity contribution in [1.29, 1.82) is 0 Å². The fourth-order valence-corrected chi connectivity index (χ4v) is 1.84. The van der Waals surface area contributed by atoms with Crippen LogP contribution in [0.4, 0.5) is 18.0 Å². The zero-order valence-corrected chi connectivity index (χ0v) is 10.1. The molecule has 0 radical (unpaired) electrons. The Morgan fingerprint density at radius 3 is 2.71 bits per heavy atom. The number of rotatable bonds is 3. The molecule has 1 heterocycles. The van der Waals surface area contributed by atoms with Gasteiger partial charge in [0.2, 0.25) is 0 Å². The van der Waals surface area contributed by atoms with E-state index in [1.807, 2.05) is 6.92 Å². The molecule has 2 N–H and O–H groups in total. The second-order valence-electron chi connectivity index (χ2n) is 3.47. The highest BCUT2D eigenvalue weighted by Gasteiger charge is 2.28. The van der Waals surface area contributed by atoms with Gasteiger partial charge in [0, 0.05) is 11.1 Å². The minimum absolute atomic E-state index is 0.415. The summed E-state index contributed by atoms with van der Waals surface area (Å²) in [5, 5.41) is 4.77. The van der Waals surface area contributed by atoms with E-state index in [1.165, 1.54) is 11.3 Å². The summed E-state index contributed by atoms with van der Waals surface area (Å²) < 4.78 is 35.5. The van der Waals surface area contributed by atoms with Crippen molar-refractivity contribution >= 4 is 17.4 Å². The van der Waals surface area contributed by atoms with E-state index in [0.717, 1.165) is 4.88 Å². The van der Waals surface area contributed by atoms with Gasteiger partial charge >= 0.3 is 12.2 Å². The van der Waals surface area contributed by atoms with E-state index in [-0.39, 0.29) is 0 Å². The third-order valence-corrected chi connectivity index (χ3v) is 2.90. The Morgan fingerprint density at radius 1 is 1.59 bits per heavy atom. The number of thiazole rings is 1. The summed E-state index contributed by atoms with van der Waals surface area (Å²) in [6.07, 6.45) is -2.76. The number of urea groups is 1. The molecule has 0 aliphatic heterocycles. The summed E-state index contributed by atoms with van der Waals surface area (Å²) >= 11 is 1.39. The molecule has 2 amide bonds. The minimum atomic E-state index is -4.40. The lowest BCUT2D eigenvalue weighted by Crippen LogP contribution is -2.41. The maximum atomic E-state index is 11.8. The molecule has 1 aromatic rings. The Bertz CT molecular complexity index is 391. The first-order valence-corrected chi connectivity index (χ1v) is 5.63. The summed E-state index contributed by atoms with van der Waals surface area (Å²) in [5.41, 5.74) is 0. The molecule has 0 saturated heterocycles. The van der Waals surface area contributed by atoms with Crippen molar-refractivity contribution in [3.05, 3.63) is 16.1 Å². The van der Waals surface area contributed by atoms with Crippen molar-refractivity contribution < 1.29 is 18.0 Å². The van der Waals surface area contributed by atoms with E-state index < -0.39 is 24.8 Å². The molecule has 17 heavy (non-hydrogen) atoms. The van der Waals surface area contributed by atoms with Crippen LogP contribution < -0.4 is 10.6 Å². The molecule has 0 aliphatic rings. The summed E-state index contributed by atoms with van der Waals surface area (Å²) in [5.74, 6) is 0. The maximum Gasteiger partial charge on any atom is 0.405 e. The number of halogens is 3. The van der Waals surface area contributed by atoms with Gasteiger partial charge in [0.1, 0.15) is 11.6 Å². The van der Waals surface area contributed by atoms with Gasteiger partial charge < -0.3 is 10.6 Å². The van der Waals surface area contributed by atoms with Gasteiger partial charge in [0.05, 0.1) is 6.04 Å². The summed E-state index contributed by atoms with van der Waals surface area (Å²) in [7, 11) is 0. The Morgan fingerprint density at radius 2 is 2.24 bits per heavy atom.